The number of carbonyl (C=O) groups is 1. The number of nitro groups is 1. The monoisotopic (exact) mass is 369 g/mol. The summed E-state index contributed by atoms with van der Waals surface area (Å²) < 4.78 is 10.9. The molecule has 0 radical (unpaired) electrons. The molecule has 0 fully saturated rings. The first-order valence-corrected chi connectivity index (χ1v) is 8.21. The van der Waals surface area contributed by atoms with Gasteiger partial charge in [0.2, 0.25) is 0 Å². The van der Waals surface area contributed by atoms with Gasteiger partial charge < -0.3 is 14.8 Å². The number of ether oxygens (including phenoxy) is 2. The maximum Gasteiger partial charge on any atom is 0.293 e. The summed E-state index contributed by atoms with van der Waals surface area (Å²) in [4.78, 5) is 22.9. The van der Waals surface area contributed by atoms with Crippen LogP contribution in [-0.4, -0.2) is 24.0 Å². The fourth-order valence-electron chi connectivity index (χ4n) is 2.35. The third-order valence-corrected chi connectivity index (χ3v) is 3.81. The van der Waals surface area contributed by atoms with Gasteiger partial charge in [-0.05, 0) is 50.1 Å². The maximum absolute atomic E-state index is 12.2. The zero-order valence-electron chi connectivity index (χ0n) is 15.2. The number of nitrogens with one attached hydrogen (secondary N) is 1. The van der Waals surface area contributed by atoms with Crippen molar-refractivity contribution in [3.8, 4) is 17.6 Å². The van der Waals surface area contributed by atoms with Crippen molar-refractivity contribution in [1.29, 1.82) is 5.26 Å². The van der Waals surface area contributed by atoms with Gasteiger partial charge in [0.05, 0.1) is 23.2 Å². The molecule has 0 aliphatic rings. The van der Waals surface area contributed by atoms with Gasteiger partial charge in [-0.1, -0.05) is 0 Å². The van der Waals surface area contributed by atoms with Crippen LogP contribution in [0, 0.1) is 35.3 Å². The van der Waals surface area contributed by atoms with Crippen LogP contribution < -0.4 is 14.8 Å². The van der Waals surface area contributed by atoms with E-state index in [0.29, 0.717) is 23.7 Å². The minimum Gasteiger partial charge on any atom is -0.490 e. The second kappa shape index (κ2) is 8.67. The smallest absolute Gasteiger partial charge is 0.293 e. The van der Waals surface area contributed by atoms with Gasteiger partial charge in [-0.15, -0.1) is 0 Å². The Hall–Kier alpha value is -3.60. The Morgan fingerprint density at radius 3 is 2.52 bits per heavy atom. The third-order valence-electron chi connectivity index (χ3n) is 3.81. The quantitative estimate of drug-likeness (QED) is 0.590. The normalized spacial score (nSPS) is 10.0. The maximum atomic E-state index is 12.2. The van der Waals surface area contributed by atoms with E-state index in [0.717, 1.165) is 11.1 Å². The van der Waals surface area contributed by atoms with Gasteiger partial charge in [0.15, 0.2) is 18.1 Å². The highest BCUT2D eigenvalue weighted by Gasteiger charge is 2.18. The number of hydrogen-bond donors (Lipinski definition) is 1. The number of benzene rings is 2. The number of hydrogen-bond acceptors (Lipinski definition) is 6. The second-order valence-electron chi connectivity index (χ2n) is 5.75. The van der Waals surface area contributed by atoms with E-state index >= 15 is 0 Å². The number of nitrogens with zero attached hydrogens (tertiary/aromatic N) is 2. The van der Waals surface area contributed by atoms with Crippen LogP contribution >= 0.6 is 0 Å². The average molecular weight is 369 g/mol. The van der Waals surface area contributed by atoms with Crippen LogP contribution in [-0.2, 0) is 4.79 Å². The van der Waals surface area contributed by atoms with Crippen LogP contribution in [0.1, 0.15) is 23.6 Å². The Morgan fingerprint density at radius 1 is 1.19 bits per heavy atom. The van der Waals surface area contributed by atoms with E-state index in [1.807, 2.05) is 6.07 Å². The summed E-state index contributed by atoms with van der Waals surface area (Å²) in [5, 5.41) is 22.7. The zero-order valence-corrected chi connectivity index (χ0v) is 15.2. The Bertz CT molecular complexity index is 918. The molecular weight excluding hydrogens is 350 g/mol. The number of anilines is 1. The molecule has 0 atom stereocenters. The lowest BCUT2D eigenvalue weighted by Crippen LogP contribution is -2.21. The van der Waals surface area contributed by atoms with Gasteiger partial charge in [0, 0.05) is 12.1 Å². The third kappa shape index (κ3) is 4.95. The van der Waals surface area contributed by atoms with E-state index in [4.69, 9.17) is 14.7 Å². The average Bonchev–Trinajstić information content (AvgIpc) is 2.63. The first-order valence-electron chi connectivity index (χ1n) is 8.21. The van der Waals surface area contributed by atoms with E-state index in [1.54, 1.807) is 32.9 Å². The fraction of sp³-hybridized carbons (Fsp3) is 0.263. The van der Waals surface area contributed by atoms with Crippen molar-refractivity contribution in [3.63, 3.8) is 0 Å². The van der Waals surface area contributed by atoms with E-state index in [2.05, 4.69) is 5.32 Å². The predicted octanol–water partition coefficient (Wildman–Crippen LogP) is 3.50. The van der Waals surface area contributed by atoms with E-state index in [1.165, 1.54) is 18.2 Å². The predicted molar refractivity (Wildman–Crippen MR) is 99.0 cm³/mol. The van der Waals surface area contributed by atoms with Gasteiger partial charge in [0.1, 0.15) is 5.69 Å². The molecule has 8 nitrogen and oxygen atoms in total. The molecule has 2 aromatic rings. The van der Waals surface area contributed by atoms with E-state index in [9.17, 15) is 14.9 Å². The number of aryl methyl sites for hydroxylation is 2. The van der Waals surface area contributed by atoms with Crippen molar-refractivity contribution in [2.45, 2.75) is 20.8 Å². The number of nitriles is 1. The van der Waals surface area contributed by atoms with Crippen LogP contribution in [0.25, 0.3) is 0 Å². The summed E-state index contributed by atoms with van der Waals surface area (Å²) in [6.45, 7) is 5.35. The summed E-state index contributed by atoms with van der Waals surface area (Å²) >= 11 is 0. The number of rotatable bonds is 7. The second-order valence-corrected chi connectivity index (χ2v) is 5.75. The Balaban J connectivity index is 2.13. The minimum atomic E-state index is -0.548. The van der Waals surface area contributed by atoms with Crippen molar-refractivity contribution in [3.05, 3.63) is 57.1 Å². The van der Waals surface area contributed by atoms with Gasteiger partial charge in [-0.3, -0.25) is 14.9 Å². The van der Waals surface area contributed by atoms with Crippen LogP contribution in [0.4, 0.5) is 11.4 Å². The topological polar surface area (TPSA) is 114 Å². The lowest BCUT2D eigenvalue weighted by Gasteiger charge is -2.13. The first kappa shape index (κ1) is 19.7. The molecule has 2 aromatic carbocycles. The molecule has 0 aliphatic heterocycles. The van der Waals surface area contributed by atoms with Crippen molar-refractivity contribution in [2.24, 2.45) is 0 Å². The molecule has 0 bridgehead atoms. The zero-order chi connectivity index (χ0) is 20.0. The minimum absolute atomic E-state index is 0.113. The van der Waals surface area contributed by atoms with E-state index < -0.39 is 10.8 Å². The van der Waals surface area contributed by atoms with Crippen molar-refractivity contribution < 1.29 is 19.2 Å². The highest BCUT2D eigenvalue weighted by Crippen LogP contribution is 2.29. The molecule has 0 aromatic heterocycles. The lowest BCUT2D eigenvalue weighted by atomic mass is 10.1. The van der Waals surface area contributed by atoms with Crippen molar-refractivity contribution in [1.82, 2.24) is 0 Å². The van der Waals surface area contributed by atoms with Crippen LogP contribution in [0.5, 0.6) is 11.5 Å². The highest BCUT2D eigenvalue weighted by molar-refractivity contribution is 5.94. The van der Waals surface area contributed by atoms with Crippen LogP contribution in [0.2, 0.25) is 0 Å². The molecule has 0 saturated heterocycles. The molecule has 8 heteroatoms. The molecule has 0 spiro atoms. The molecule has 0 saturated carbocycles. The fourth-order valence-corrected chi connectivity index (χ4v) is 2.35. The Kier molecular flexibility index (Phi) is 6.33. The lowest BCUT2D eigenvalue weighted by molar-refractivity contribution is -0.384. The summed E-state index contributed by atoms with van der Waals surface area (Å²) in [5.41, 5.74) is 1.92. The van der Waals surface area contributed by atoms with Crippen molar-refractivity contribution >= 4 is 17.3 Å². The summed E-state index contributed by atoms with van der Waals surface area (Å²) in [6, 6.07) is 9.57. The summed E-state index contributed by atoms with van der Waals surface area (Å²) in [5.74, 6) is 0.107. The molecule has 1 amide bonds. The van der Waals surface area contributed by atoms with E-state index in [-0.39, 0.29) is 18.0 Å². The number of nitro benzene ring substituents is 1. The van der Waals surface area contributed by atoms with Gasteiger partial charge in [-0.2, -0.15) is 5.26 Å². The Labute approximate surface area is 156 Å². The van der Waals surface area contributed by atoms with Crippen molar-refractivity contribution in [2.75, 3.05) is 18.5 Å². The van der Waals surface area contributed by atoms with Crippen LogP contribution in [0.15, 0.2) is 30.3 Å². The van der Waals surface area contributed by atoms with Gasteiger partial charge in [-0.25, -0.2) is 0 Å². The first-order chi connectivity index (χ1) is 12.8. The molecular formula is C19H19N3O5. The standard InChI is InChI=1S/C19H19N3O5/c1-4-26-18-9-14(10-20)5-6-17(18)27-11-19(23)21-15-7-12(2)13(3)8-16(15)22(24)25/h5-9H,4,11H2,1-3H3,(H,21,23). The molecule has 0 heterocycles. The number of carbonyl (C=O) groups excluding carboxylic acids is 1. The largest absolute Gasteiger partial charge is 0.490 e. The van der Waals surface area contributed by atoms with Crippen LogP contribution in [0.3, 0.4) is 0 Å². The number of amides is 1. The highest BCUT2D eigenvalue weighted by atomic mass is 16.6. The molecule has 0 unspecified atom stereocenters. The summed E-state index contributed by atoms with van der Waals surface area (Å²) in [6.07, 6.45) is 0. The molecule has 27 heavy (non-hydrogen) atoms. The Morgan fingerprint density at radius 2 is 1.89 bits per heavy atom. The molecule has 2 rings (SSSR count). The molecule has 140 valence electrons. The molecule has 0 aliphatic carbocycles. The molecule has 1 N–H and O–H groups in total. The van der Waals surface area contributed by atoms with Gasteiger partial charge in [0.25, 0.3) is 11.6 Å². The van der Waals surface area contributed by atoms with Gasteiger partial charge >= 0.3 is 0 Å². The SMILES string of the molecule is CCOc1cc(C#N)ccc1OCC(=O)Nc1cc(C)c(C)cc1[N+](=O)[O-]. The summed E-state index contributed by atoms with van der Waals surface area (Å²) in [7, 11) is 0.